The molecule has 5 nitrogen and oxygen atoms in total. The van der Waals surface area contributed by atoms with Gasteiger partial charge >= 0.3 is 0 Å². The number of hydrogen-bond acceptors (Lipinski definition) is 3. The van der Waals surface area contributed by atoms with Crippen LogP contribution in [0.2, 0.25) is 0 Å². The average molecular weight is 343 g/mol. The third kappa shape index (κ3) is 4.21. The van der Waals surface area contributed by atoms with Crippen LogP contribution in [0.1, 0.15) is 55.8 Å². The van der Waals surface area contributed by atoms with Gasteiger partial charge in [0.05, 0.1) is 0 Å². The monoisotopic (exact) mass is 343 g/mol. The molecule has 2 atom stereocenters. The first-order valence-corrected chi connectivity index (χ1v) is 9.53. The number of rotatable bonds is 5. The molecule has 2 fully saturated rings. The zero-order valence-corrected chi connectivity index (χ0v) is 15.0. The standard InChI is InChI=1S/C20H29N3O2/c1-2-10-22-19(24)13-6-8-17(9-7-13)23-20(25)16-11-14-4-3-5-15(12-16)18(14)21/h6-9,14-16,18H,2-5,10-12,21H2,1H3,(H,22,24)(H,23,25). The van der Waals surface area contributed by atoms with Crippen LogP contribution in [0.4, 0.5) is 5.69 Å². The van der Waals surface area contributed by atoms with Crippen LogP contribution >= 0.6 is 0 Å². The molecular formula is C20H29N3O2. The summed E-state index contributed by atoms with van der Waals surface area (Å²) in [6.45, 7) is 2.69. The Bertz CT molecular complexity index is 600. The first-order chi connectivity index (χ1) is 12.1. The van der Waals surface area contributed by atoms with E-state index in [9.17, 15) is 9.59 Å². The minimum atomic E-state index is -0.0752. The fourth-order valence-electron chi connectivity index (χ4n) is 4.29. The molecule has 0 heterocycles. The van der Waals surface area contributed by atoms with Crippen molar-refractivity contribution in [2.24, 2.45) is 23.5 Å². The van der Waals surface area contributed by atoms with Gasteiger partial charge in [-0.1, -0.05) is 13.3 Å². The van der Waals surface area contributed by atoms with Crippen molar-refractivity contribution in [1.29, 1.82) is 0 Å². The van der Waals surface area contributed by atoms with Gasteiger partial charge < -0.3 is 16.4 Å². The zero-order valence-electron chi connectivity index (χ0n) is 15.0. The van der Waals surface area contributed by atoms with Gasteiger partial charge in [0.25, 0.3) is 5.91 Å². The minimum Gasteiger partial charge on any atom is -0.352 e. The normalized spacial score (nSPS) is 28.2. The van der Waals surface area contributed by atoms with E-state index in [1.54, 1.807) is 24.3 Å². The molecule has 2 aliphatic rings. The molecule has 1 aromatic carbocycles. The van der Waals surface area contributed by atoms with Gasteiger partial charge in [0.2, 0.25) is 5.91 Å². The number of benzene rings is 1. The summed E-state index contributed by atoms with van der Waals surface area (Å²) in [5.41, 5.74) is 7.67. The van der Waals surface area contributed by atoms with E-state index in [1.165, 1.54) is 6.42 Å². The molecule has 0 spiro atoms. The Morgan fingerprint density at radius 2 is 1.76 bits per heavy atom. The molecule has 5 heteroatoms. The summed E-state index contributed by atoms with van der Waals surface area (Å²) >= 11 is 0. The van der Waals surface area contributed by atoms with Crippen molar-refractivity contribution in [2.75, 3.05) is 11.9 Å². The van der Waals surface area contributed by atoms with E-state index in [0.717, 1.165) is 37.8 Å². The molecule has 2 amide bonds. The highest BCUT2D eigenvalue weighted by molar-refractivity contribution is 5.96. The van der Waals surface area contributed by atoms with Crippen LogP contribution in [0, 0.1) is 17.8 Å². The number of anilines is 1. The highest BCUT2D eigenvalue weighted by Gasteiger charge is 2.40. The van der Waals surface area contributed by atoms with Crippen molar-refractivity contribution in [3.05, 3.63) is 29.8 Å². The first-order valence-electron chi connectivity index (χ1n) is 9.53. The number of fused-ring (bicyclic) bond motifs is 2. The smallest absolute Gasteiger partial charge is 0.251 e. The van der Waals surface area contributed by atoms with E-state index in [0.29, 0.717) is 23.9 Å². The highest BCUT2D eigenvalue weighted by atomic mass is 16.2. The number of nitrogens with two attached hydrogens (primary N) is 1. The van der Waals surface area contributed by atoms with Gasteiger partial charge in [-0.15, -0.1) is 0 Å². The molecule has 136 valence electrons. The molecule has 25 heavy (non-hydrogen) atoms. The van der Waals surface area contributed by atoms with Crippen molar-refractivity contribution in [3.8, 4) is 0 Å². The lowest BCUT2D eigenvalue weighted by molar-refractivity contribution is -0.122. The highest BCUT2D eigenvalue weighted by Crippen LogP contribution is 2.42. The van der Waals surface area contributed by atoms with Crippen LogP contribution in [0.5, 0.6) is 0 Å². The summed E-state index contributed by atoms with van der Waals surface area (Å²) in [6.07, 6.45) is 6.28. The van der Waals surface area contributed by atoms with E-state index < -0.39 is 0 Å². The lowest BCUT2D eigenvalue weighted by Crippen LogP contribution is -2.48. The number of carbonyl (C=O) groups excluding carboxylic acids is 2. The van der Waals surface area contributed by atoms with E-state index in [4.69, 9.17) is 5.73 Å². The van der Waals surface area contributed by atoms with Crippen LogP contribution < -0.4 is 16.4 Å². The number of carbonyl (C=O) groups is 2. The summed E-state index contributed by atoms with van der Waals surface area (Å²) in [7, 11) is 0. The van der Waals surface area contributed by atoms with E-state index in [1.807, 2.05) is 6.92 Å². The summed E-state index contributed by atoms with van der Waals surface area (Å²) in [5.74, 6) is 1.06. The Morgan fingerprint density at radius 1 is 1.12 bits per heavy atom. The molecular weight excluding hydrogens is 314 g/mol. The van der Waals surface area contributed by atoms with Crippen molar-refractivity contribution < 1.29 is 9.59 Å². The fraction of sp³-hybridized carbons (Fsp3) is 0.600. The predicted molar refractivity (Wildman–Crippen MR) is 99.2 cm³/mol. The summed E-state index contributed by atoms with van der Waals surface area (Å²) in [5, 5.41) is 5.86. The van der Waals surface area contributed by atoms with Gasteiger partial charge in [0.1, 0.15) is 0 Å². The fourth-order valence-corrected chi connectivity index (χ4v) is 4.29. The summed E-state index contributed by atoms with van der Waals surface area (Å²) < 4.78 is 0. The molecule has 2 saturated carbocycles. The van der Waals surface area contributed by atoms with E-state index >= 15 is 0 Å². The topological polar surface area (TPSA) is 84.2 Å². The molecule has 2 bridgehead atoms. The Morgan fingerprint density at radius 3 is 2.36 bits per heavy atom. The average Bonchev–Trinajstić information content (AvgIpc) is 2.60. The molecule has 2 aliphatic carbocycles. The lowest BCUT2D eigenvalue weighted by atomic mass is 9.65. The third-order valence-corrected chi connectivity index (χ3v) is 5.73. The van der Waals surface area contributed by atoms with Gasteiger partial charge in [0, 0.05) is 29.8 Å². The van der Waals surface area contributed by atoms with Crippen LogP contribution in [0.3, 0.4) is 0 Å². The largest absolute Gasteiger partial charge is 0.352 e. The molecule has 0 radical (unpaired) electrons. The second-order valence-corrected chi connectivity index (χ2v) is 7.52. The second kappa shape index (κ2) is 8.00. The molecule has 1 aromatic rings. The summed E-state index contributed by atoms with van der Waals surface area (Å²) in [6, 6.07) is 7.39. The molecule has 0 aliphatic heterocycles. The number of nitrogens with one attached hydrogen (secondary N) is 2. The van der Waals surface area contributed by atoms with Crippen molar-refractivity contribution in [2.45, 2.75) is 51.5 Å². The maximum atomic E-state index is 12.6. The molecule has 0 aromatic heterocycles. The maximum absolute atomic E-state index is 12.6. The van der Waals surface area contributed by atoms with Crippen LogP contribution in [-0.2, 0) is 4.79 Å². The number of amides is 2. The minimum absolute atomic E-state index is 0.0580. The molecule has 3 rings (SSSR count). The van der Waals surface area contributed by atoms with Crippen molar-refractivity contribution in [1.82, 2.24) is 5.32 Å². The van der Waals surface area contributed by atoms with Crippen molar-refractivity contribution >= 4 is 17.5 Å². The Labute approximate surface area is 149 Å². The van der Waals surface area contributed by atoms with Gasteiger partial charge in [-0.3, -0.25) is 9.59 Å². The van der Waals surface area contributed by atoms with Gasteiger partial charge in [-0.25, -0.2) is 0 Å². The van der Waals surface area contributed by atoms with Crippen molar-refractivity contribution in [3.63, 3.8) is 0 Å². The van der Waals surface area contributed by atoms with Crippen LogP contribution in [0.15, 0.2) is 24.3 Å². The SMILES string of the molecule is CCCNC(=O)c1ccc(NC(=O)C2CC3CCCC(C2)C3N)cc1. The number of hydrogen-bond donors (Lipinski definition) is 3. The Balaban J connectivity index is 1.57. The van der Waals surface area contributed by atoms with Crippen LogP contribution in [-0.4, -0.2) is 24.4 Å². The van der Waals surface area contributed by atoms with Gasteiger partial charge in [-0.2, -0.15) is 0 Å². The van der Waals surface area contributed by atoms with Crippen LogP contribution in [0.25, 0.3) is 0 Å². The maximum Gasteiger partial charge on any atom is 0.251 e. The Hall–Kier alpha value is -1.88. The Kier molecular flexibility index (Phi) is 5.74. The first kappa shape index (κ1) is 17.9. The quantitative estimate of drug-likeness (QED) is 0.768. The van der Waals surface area contributed by atoms with Gasteiger partial charge in [0.15, 0.2) is 0 Å². The van der Waals surface area contributed by atoms with E-state index in [2.05, 4.69) is 10.6 Å². The zero-order chi connectivity index (χ0) is 17.8. The summed E-state index contributed by atoms with van der Waals surface area (Å²) in [4.78, 5) is 24.6. The predicted octanol–water partition coefficient (Wildman–Crippen LogP) is 2.92. The van der Waals surface area contributed by atoms with E-state index in [-0.39, 0.29) is 23.8 Å². The molecule has 0 saturated heterocycles. The molecule has 4 N–H and O–H groups in total. The molecule has 2 unspecified atom stereocenters. The third-order valence-electron chi connectivity index (χ3n) is 5.73. The second-order valence-electron chi connectivity index (χ2n) is 7.52. The lowest BCUT2D eigenvalue weighted by Gasteiger charge is -2.43. The van der Waals surface area contributed by atoms with Gasteiger partial charge in [-0.05, 0) is 68.2 Å².